The summed E-state index contributed by atoms with van der Waals surface area (Å²) in [6.07, 6.45) is 1.53. The summed E-state index contributed by atoms with van der Waals surface area (Å²) in [4.78, 5) is 11.6. The van der Waals surface area contributed by atoms with Crippen LogP contribution in [-0.4, -0.2) is 25.2 Å². The predicted octanol–water partition coefficient (Wildman–Crippen LogP) is 2.29. The number of rotatable bonds is 2. The van der Waals surface area contributed by atoms with E-state index in [1.807, 2.05) is 12.1 Å². The van der Waals surface area contributed by atoms with Gasteiger partial charge in [-0.1, -0.05) is 15.9 Å². The van der Waals surface area contributed by atoms with Crippen molar-refractivity contribution in [2.75, 3.05) is 13.1 Å². The van der Waals surface area contributed by atoms with Gasteiger partial charge in [-0.15, -0.1) is 0 Å². The van der Waals surface area contributed by atoms with Gasteiger partial charge in [0.2, 0.25) is 0 Å². The minimum atomic E-state index is -0.376. The number of nitrogens with one attached hydrogen (secondary N) is 2. The molecule has 5 heteroatoms. The van der Waals surface area contributed by atoms with Gasteiger partial charge in [-0.2, -0.15) is 0 Å². The first kappa shape index (κ1) is 12.4. The lowest BCUT2D eigenvalue weighted by atomic mass is 10.1. The highest BCUT2D eigenvalue weighted by molar-refractivity contribution is 9.10. The Morgan fingerprint density at radius 2 is 1.94 bits per heavy atom. The minimum Gasteiger partial charge on any atom is -0.410 e. The second kappa shape index (κ2) is 6.02. The Bertz CT molecular complexity index is 375. The molecule has 1 fully saturated rings. The van der Waals surface area contributed by atoms with E-state index in [0.717, 1.165) is 30.4 Å². The van der Waals surface area contributed by atoms with Gasteiger partial charge < -0.3 is 15.4 Å². The molecule has 0 bridgehead atoms. The van der Waals surface area contributed by atoms with Crippen molar-refractivity contribution in [3.05, 3.63) is 28.7 Å². The Balaban J connectivity index is 1.82. The number of hydrogen-bond acceptors (Lipinski definition) is 3. The summed E-state index contributed by atoms with van der Waals surface area (Å²) in [5.74, 6) is 0.555. The van der Waals surface area contributed by atoms with E-state index in [2.05, 4.69) is 26.6 Å². The number of piperidine rings is 1. The first-order chi connectivity index (χ1) is 8.24. The molecular weight excluding hydrogens is 284 g/mol. The van der Waals surface area contributed by atoms with Gasteiger partial charge in [-0.05, 0) is 50.2 Å². The van der Waals surface area contributed by atoms with Crippen molar-refractivity contribution in [2.45, 2.75) is 18.9 Å². The lowest BCUT2D eigenvalue weighted by Gasteiger charge is -2.23. The maximum atomic E-state index is 11.6. The first-order valence-corrected chi connectivity index (χ1v) is 6.48. The maximum absolute atomic E-state index is 11.6. The Morgan fingerprint density at radius 1 is 1.29 bits per heavy atom. The average Bonchev–Trinajstić information content (AvgIpc) is 2.33. The summed E-state index contributed by atoms with van der Waals surface area (Å²) in [7, 11) is 0. The first-order valence-electron chi connectivity index (χ1n) is 5.69. The average molecular weight is 299 g/mol. The van der Waals surface area contributed by atoms with E-state index >= 15 is 0 Å². The molecule has 2 N–H and O–H groups in total. The third-order valence-electron chi connectivity index (χ3n) is 2.69. The fourth-order valence-corrected chi connectivity index (χ4v) is 2.04. The molecule has 1 aliphatic rings. The second-order valence-electron chi connectivity index (χ2n) is 4.01. The Morgan fingerprint density at radius 3 is 2.59 bits per heavy atom. The second-order valence-corrected chi connectivity index (χ2v) is 4.93. The Kier molecular flexibility index (Phi) is 4.39. The quantitative estimate of drug-likeness (QED) is 0.881. The van der Waals surface area contributed by atoms with Gasteiger partial charge >= 0.3 is 6.09 Å². The molecule has 0 aliphatic carbocycles. The van der Waals surface area contributed by atoms with Crippen LogP contribution in [0.15, 0.2) is 28.7 Å². The van der Waals surface area contributed by atoms with Crippen LogP contribution in [0.25, 0.3) is 0 Å². The number of carbonyl (C=O) groups excluding carboxylic acids is 1. The summed E-state index contributed by atoms with van der Waals surface area (Å²) in [6.45, 7) is 1.90. The summed E-state index contributed by atoms with van der Waals surface area (Å²) in [5.41, 5.74) is 0. The third kappa shape index (κ3) is 4.02. The van der Waals surface area contributed by atoms with E-state index in [0.29, 0.717) is 5.75 Å². The van der Waals surface area contributed by atoms with E-state index in [1.165, 1.54) is 0 Å². The van der Waals surface area contributed by atoms with Gasteiger partial charge in [0.15, 0.2) is 0 Å². The van der Waals surface area contributed by atoms with Gasteiger partial charge in [0.1, 0.15) is 5.75 Å². The Labute approximate surface area is 109 Å². The number of carbonyl (C=O) groups is 1. The van der Waals surface area contributed by atoms with Gasteiger partial charge in [0, 0.05) is 10.5 Å². The largest absolute Gasteiger partial charge is 0.412 e. The summed E-state index contributed by atoms with van der Waals surface area (Å²) in [5, 5.41) is 6.12. The number of halogens is 1. The normalized spacial score (nSPS) is 16.5. The number of amides is 1. The number of hydrogen-bond donors (Lipinski definition) is 2. The standard InChI is InChI=1S/C12H15BrN2O2/c13-9-1-3-11(4-2-9)17-12(16)15-10-5-7-14-8-6-10/h1-4,10,14H,5-8H2,(H,15,16). The van der Waals surface area contributed by atoms with Crippen LogP contribution >= 0.6 is 15.9 Å². The summed E-state index contributed by atoms with van der Waals surface area (Å²) in [6, 6.07) is 7.41. The number of benzene rings is 1. The van der Waals surface area contributed by atoms with Crippen LogP contribution in [0.5, 0.6) is 5.75 Å². The van der Waals surface area contributed by atoms with Gasteiger partial charge in [0.25, 0.3) is 0 Å². The summed E-state index contributed by atoms with van der Waals surface area (Å²) < 4.78 is 6.14. The van der Waals surface area contributed by atoms with Crippen molar-refractivity contribution in [1.82, 2.24) is 10.6 Å². The van der Waals surface area contributed by atoms with Crippen LogP contribution in [0, 0.1) is 0 Å². The molecule has 1 saturated heterocycles. The van der Waals surface area contributed by atoms with Gasteiger partial charge in [-0.25, -0.2) is 4.79 Å². The van der Waals surface area contributed by atoms with Crippen molar-refractivity contribution in [3.8, 4) is 5.75 Å². The molecule has 4 nitrogen and oxygen atoms in total. The van der Waals surface area contributed by atoms with Crippen LogP contribution in [0.2, 0.25) is 0 Å². The smallest absolute Gasteiger partial charge is 0.410 e. The third-order valence-corrected chi connectivity index (χ3v) is 3.21. The molecule has 0 spiro atoms. The van der Waals surface area contributed by atoms with E-state index in [9.17, 15) is 4.79 Å². The maximum Gasteiger partial charge on any atom is 0.412 e. The highest BCUT2D eigenvalue weighted by Crippen LogP contribution is 2.16. The van der Waals surface area contributed by atoms with Crippen molar-refractivity contribution < 1.29 is 9.53 Å². The molecule has 0 aromatic heterocycles. The van der Waals surface area contributed by atoms with Crippen LogP contribution < -0.4 is 15.4 Å². The van der Waals surface area contributed by atoms with E-state index in [4.69, 9.17) is 4.74 Å². The van der Waals surface area contributed by atoms with Crippen LogP contribution in [0.4, 0.5) is 4.79 Å². The monoisotopic (exact) mass is 298 g/mol. The lowest BCUT2D eigenvalue weighted by molar-refractivity contribution is 0.193. The van der Waals surface area contributed by atoms with E-state index in [1.54, 1.807) is 12.1 Å². The molecule has 1 amide bonds. The highest BCUT2D eigenvalue weighted by Gasteiger charge is 2.16. The minimum absolute atomic E-state index is 0.221. The predicted molar refractivity (Wildman–Crippen MR) is 69.2 cm³/mol. The van der Waals surface area contributed by atoms with Crippen LogP contribution in [0.3, 0.4) is 0 Å². The van der Waals surface area contributed by atoms with Gasteiger partial charge in [0.05, 0.1) is 0 Å². The number of ether oxygens (including phenoxy) is 1. The summed E-state index contributed by atoms with van der Waals surface area (Å²) >= 11 is 3.33. The molecule has 0 atom stereocenters. The SMILES string of the molecule is O=C(NC1CCNCC1)Oc1ccc(Br)cc1. The molecule has 1 aromatic carbocycles. The van der Waals surface area contributed by atoms with Crippen molar-refractivity contribution >= 4 is 22.0 Å². The van der Waals surface area contributed by atoms with Crippen molar-refractivity contribution in [2.24, 2.45) is 0 Å². The van der Waals surface area contributed by atoms with Crippen molar-refractivity contribution in [3.63, 3.8) is 0 Å². The molecule has 2 rings (SSSR count). The topological polar surface area (TPSA) is 50.4 Å². The zero-order chi connectivity index (χ0) is 12.1. The highest BCUT2D eigenvalue weighted by atomic mass is 79.9. The molecular formula is C12H15BrN2O2. The fraction of sp³-hybridized carbons (Fsp3) is 0.417. The van der Waals surface area contributed by atoms with E-state index < -0.39 is 0 Å². The molecule has 1 heterocycles. The zero-order valence-corrected chi connectivity index (χ0v) is 11.0. The molecule has 0 saturated carbocycles. The lowest BCUT2D eigenvalue weighted by Crippen LogP contribution is -2.43. The van der Waals surface area contributed by atoms with Crippen LogP contribution in [-0.2, 0) is 0 Å². The van der Waals surface area contributed by atoms with Gasteiger partial charge in [-0.3, -0.25) is 0 Å². The zero-order valence-electron chi connectivity index (χ0n) is 9.41. The molecule has 1 aliphatic heterocycles. The molecule has 92 valence electrons. The van der Waals surface area contributed by atoms with Crippen LogP contribution in [0.1, 0.15) is 12.8 Å². The fourth-order valence-electron chi connectivity index (χ4n) is 1.77. The molecule has 17 heavy (non-hydrogen) atoms. The molecule has 0 unspecified atom stereocenters. The van der Waals surface area contributed by atoms with E-state index in [-0.39, 0.29) is 12.1 Å². The molecule has 0 radical (unpaired) electrons. The Hall–Kier alpha value is -1.07. The van der Waals surface area contributed by atoms with Crippen molar-refractivity contribution in [1.29, 1.82) is 0 Å². The molecule has 1 aromatic rings.